The van der Waals surface area contributed by atoms with Gasteiger partial charge < -0.3 is 14.0 Å². The first kappa shape index (κ1) is 11.8. The average Bonchev–Trinajstić information content (AvgIpc) is 2.81. The Morgan fingerprint density at radius 2 is 1.79 bits per heavy atom. The molecular weight excluding hydrogens is 253 g/mol. The highest BCUT2D eigenvalue weighted by Gasteiger charge is 2.36. The van der Waals surface area contributed by atoms with Crippen molar-refractivity contribution in [2.45, 2.75) is 0 Å². The van der Waals surface area contributed by atoms with E-state index in [1.807, 2.05) is 0 Å². The standard InChI is InChI=1S/C13H9BF2O3/c1-17-11-3-2-4-12-13(11)19-14(18-12)8-5-9(15)7-10(16)6-8/h2-7H,1H3. The Balaban J connectivity index is 1.95. The molecule has 0 fully saturated rings. The van der Waals surface area contributed by atoms with E-state index >= 15 is 0 Å². The fourth-order valence-corrected chi connectivity index (χ4v) is 1.96. The zero-order chi connectivity index (χ0) is 13.4. The summed E-state index contributed by atoms with van der Waals surface area (Å²) in [6, 6.07) is 8.31. The van der Waals surface area contributed by atoms with E-state index in [0.29, 0.717) is 17.2 Å². The second-order valence-electron chi connectivity index (χ2n) is 4.06. The smallest absolute Gasteiger partial charge is 0.519 e. The van der Waals surface area contributed by atoms with Crippen molar-refractivity contribution in [2.24, 2.45) is 0 Å². The van der Waals surface area contributed by atoms with Gasteiger partial charge in [-0.3, -0.25) is 0 Å². The van der Waals surface area contributed by atoms with Crippen LogP contribution in [-0.4, -0.2) is 14.2 Å². The fraction of sp³-hybridized carbons (Fsp3) is 0.0769. The van der Waals surface area contributed by atoms with Gasteiger partial charge in [-0.1, -0.05) is 6.07 Å². The van der Waals surface area contributed by atoms with Crippen LogP contribution >= 0.6 is 0 Å². The molecule has 3 rings (SSSR count). The molecule has 0 unspecified atom stereocenters. The van der Waals surface area contributed by atoms with Gasteiger partial charge >= 0.3 is 7.12 Å². The molecule has 0 amide bonds. The maximum atomic E-state index is 13.2. The zero-order valence-electron chi connectivity index (χ0n) is 10.0. The average molecular weight is 262 g/mol. The number of fused-ring (bicyclic) bond motifs is 1. The van der Waals surface area contributed by atoms with Gasteiger partial charge in [0, 0.05) is 11.5 Å². The van der Waals surface area contributed by atoms with Crippen molar-refractivity contribution in [3.8, 4) is 17.2 Å². The number of benzene rings is 2. The van der Waals surface area contributed by atoms with Crippen LogP contribution in [0.15, 0.2) is 36.4 Å². The predicted molar refractivity (Wildman–Crippen MR) is 66.0 cm³/mol. The van der Waals surface area contributed by atoms with E-state index in [9.17, 15) is 8.78 Å². The van der Waals surface area contributed by atoms with Crippen molar-refractivity contribution in [1.82, 2.24) is 0 Å². The van der Waals surface area contributed by atoms with Crippen LogP contribution in [0.2, 0.25) is 0 Å². The summed E-state index contributed by atoms with van der Waals surface area (Å²) in [5, 5.41) is 0. The molecule has 2 aromatic carbocycles. The van der Waals surface area contributed by atoms with Crippen LogP contribution in [0.1, 0.15) is 0 Å². The Morgan fingerprint density at radius 1 is 1.05 bits per heavy atom. The third-order valence-electron chi connectivity index (χ3n) is 2.78. The molecule has 0 atom stereocenters. The topological polar surface area (TPSA) is 27.7 Å². The summed E-state index contributed by atoms with van der Waals surface area (Å²) in [6.07, 6.45) is 0. The summed E-state index contributed by atoms with van der Waals surface area (Å²) in [4.78, 5) is 0. The number of methoxy groups -OCH3 is 1. The minimum Gasteiger partial charge on any atom is -0.519 e. The first-order valence-corrected chi connectivity index (χ1v) is 5.63. The molecule has 0 radical (unpaired) electrons. The van der Waals surface area contributed by atoms with Crippen molar-refractivity contribution in [2.75, 3.05) is 7.11 Å². The van der Waals surface area contributed by atoms with Gasteiger partial charge in [0.05, 0.1) is 7.11 Å². The number of halogens is 2. The van der Waals surface area contributed by atoms with Crippen LogP contribution < -0.4 is 19.5 Å². The molecule has 0 aromatic heterocycles. The molecule has 1 heterocycles. The van der Waals surface area contributed by atoms with Crippen molar-refractivity contribution in [3.63, 3.8) is 0 Å². The van der Waals surface area contributed by atoms with Gasteiger partial charge in [-0.2, -0.15) is 0 Å². The molecule has 3 nitrogen and oxygen atoms in total. The van der Waals surface area contributed by atoms with Gasteiger partial charge in [0.2, 0.25) is 0 Å². The molecule has 0 bridgehead atoms. The summed E-state index contributed by atoms with van der Waals surface area (Å²) >= 11 is 0. The molecular formula is C13H9BF2O3. The second-order valence-corrected chi connectivity index (χ2v) is 4.06. The Bertz CT molecular complexity index is 613. The summed E-state index contributed by atoms with van der Waals surface area (Å²) in [7, 11) is 0.630. The molecule has 2 aromatic rings. The Labute approximate surface area is 108 Å². The van der Waals surface area contributed by atoms with Crippen molar-refractivity contribution in [3.05, 3.63) is 48.0 Å². The number of rotatable bonds is 2. The molecule has 0 saturated heterocycles. The minimum absolute atomic E-state index is 0.274. The highest BCUT2D eigenvalue weighted by atomic mass is 19.1. The van der Waals surface area contributed by atoms with Crippen LogP contribution in [0.4, 0.5) is 8.78 Å². The molecule has 96 valence electrons. The van der Waals surface area contributed by atoms with E-state index in [0.717, 1.165) is 6.07 Å². The van der Waals surface area contributed by atoms with E-state index in [1.165, 1.54) is 19.2 Å². The van der Waals surface area contributed by atoms with Crippen LogP contribution in [0.5, 0.6) is 17.2 Å². The Hall–Kier alpha value is -2.24. The normalized spacial score (nSPS) is 12.7. The first-order chi connectivity index (χ1) is 9.17. The second kappa shape index (κ2) is 4.46. The third kappa shape index (κ3) is 2.09. The molecule has 1 aliphatic heterocycles. The molecule has 19 heavy (non-hydrogen) atoms. The largest absolute Gasteiger partial charge is 0.633 e. The van der Waals surface area contributed by atoms with Crippen LogP contribution in [0, 0.1) is 11.6 Å². The monoisotopic (exact) mass is 262 g/mol. The number of hydrogen-bond acceptors (Lipinski definition) is 3. The molecule has 0 spiro atoms. The quantitative estimate of drug-likeness (QED) is 0.776. The maximum Gasteiger partial charge on any atom is 0.633 e. The number of hydrogen-bond donors (Lipinski definition) is 0. The van der Waals surface area contributed by atoms with Gasteiger partial charge in [0.1, 0.15) is 17.4 Å². The molecule has 1 aliphatic rings. The molecule has 6 heteroatoms. The highest BCUT2D eigenvalue weighted by molar-refractivity contribution is 6.63. The van der Waals surface area contributed by atoms with E-state index in [4.69, 9.17) is 14.0 Å². The zero-order valence-corrected chi connectivity index (χ0v) is 10.0. The summed E-state index contributed by atoms with van der Waals surface area (Å²) < 4.78 is 42.5. The third-order valence-corrected chi connectivity index (χ3v) is 2.78. The van der Waals surface area contributed by atoms with Gasteiger partial charge in [0.25, 0.3) is 0 Å². The SMILES string of the molecule is COc1cccc2c1OB(c1cc(F)cc(F)c1)O2. The molecule has 0 saturated carbocycles. The van der Waals surface area contributed by atoms with Gasteiger partial charge in [-0.15, -0.1) is 0 Å². The Kier molecular flexibility index (Phi) is 2.78. The van der Waals surface area contributed by atoms with Gasteiger partial charge in [0.15, 0.2) is 11.5 Å². The van der Waals surface area contributed by atoms with E-state index in [1.54, 1.807) is 18.2 Å². The van der Waals surface area contributed by atoms with E-state index in [-0.39, 0.29) is 5.46 Å². The fourth-order valence-electron chi connectivity index (χ4n) is 1.96. The van der Waals surface area contributed by atoms with Crippen molar-refractivity contribution in [1.29, 1.82) is 0 Å². The van der Waals surface area contributed by atoms with Crippen molar-refractivity contribution >= 4 is 12.6 Å². The number of ether oxygens (including phenoxy) is 1. The Morgan fingerprint density at radius 3 is 2.47 bits per heavy atom. The van der Waals surface area contributed by atoms with Crippen LogP contribution in [-0.2, 0) is 0 Å². The predicted octanol–water partition coefficient (Wildman–Crippen LogP) is 2.14. The summed E-state index contributed by atoms with van der Waals surface area (Å²) in [5.41, 5.74) is 0.274. The van der Waals surface area contributed by atoms with Crippen molar-refractivity contribution < 1.29 is 22.8 Å². The van der Waals surface area contributed by atoms with Gasteiger partial charge in [-0.25, -0.2) is 8.78 Å². The first-order valence-electron chi connectivity index (χ1n) is 5.63. The molecule has 0 aliphatic carbocycles. The maximum absolute atomic E-state index is 13.2. The van der Waals surface area contributed by atoms with E-state index in [2.05, 4.69) is 0 Å². The van der Waals surface area contributed by atoms with Gasteiger partial charge in [-0.05, 0) is 24.3 Å². The van der Waals surface area contributed by atoms with E-state index < -0.39 is 18.8 Å². The lowest BCUT2D eigenvalue weighted by atomic mass is 9.79. The lowest BCUT2D eigenvalue weighted by Gasteiger charge is -2.06. The lowest BCUT2D eigenvalue weighted by Crippen LogP contribution is -2.39. The summed E-state index contributed by atoms with van der Waals surface area (Å²) in [6.45, 7) is 0. The number of para-hydroxylation sites is 1. The summed E-state index contributed by atoms with van der Waals surface area (Å²) in [5.74, 6) is 0.0702. The van der Waals surface area contributed by atoms with Crippen LogP contribution in [0.3, 0.4) is 0 Å². The van der Waals surface area contributed by atoms with Crippen LogP contribution in [0.25, 0.3) is 0 Å². The lowest BCUT2D eigenvalue weighted by molar-refractivity contribution is 0.397. The highest BCUT2D eigenvalue weighted by Crippen LogP contribution is 2.41. The molecule has 0 N–H and O–H groups in total. The minimum atomic E-state index is -0.878.